The highest BCUT2D eigenvalue weighted by Crippen LogP contribution is 2.39. The number of ether oxygens (including phenoxy) is 2. The molecular weight excluding hydrogens is 392 g/mol. The predicted molar refractivity (Wildman–Crippen MR) is 118 cm³/mol. The minimum Gasteiger partial charge on any atom is -0.497 e. The van der Waals surface area contributed by atoms with E-state index in [2.05, 4.69) is 4.98 Å². The van der Waals surface area contributed by atoms with Crippen LogP contribution in [0.25, 0.3) is 11.3 Å². The van der Waals surface area contributed by atoms with Gasteiger partial charge in [0.25, 0.3) is 0 Å². The van der Waals surface area contributed by atoms with E-state index in [-0.39, 0.29) is 11.9 Å². The summed E-state index contributed by atoms with van der Waals surface area (Å²) in [5, 5.41) is 0. The van der Waals surface area contributed by atoms with Gasteiger partial charge in [0, 0.05) is 36.6 Å². The third-order valence-electron chi connectivity index (χ3n) is 5.82. The topological polar surface area (TPSA) is 64.8 Å². The number of nitrogens with zero attached hydrogens (tertiary/aromatic N) is 2. The Balaban J connectivity index is 1.42. The first kappa shape index (κ1) is 21.0. The van der Waals surface area contributed by atoms with Crippen LogP contribution in [0.4, 0.5) is 0 Å². The molecule has 1 aromatic heterocycles. The summed E-state index contributed by atoms with van der Waals surface area (Å²) in [6.45, 7) is 2.80. The summed E-state index contributed by atoms with van der Waals surface area (Å²) >= 11 is 0. The van der Waals surface area contributed by atoms with Gasteiger partial charge in [0.1, 0.15) is 11.5 Å². The molecule has 0 radical (unpaired) electrons. The molecule has 4 rings (SSSR count). The van der Waals surface area contributed by atoms with Crippen molar-refractivity contribution in [2.24, 2.45) is 0 Å². The van der Waals surface area contributed by atoms with E-state index in [1.165, 1.54) is 5.56 Å². The van der Waals surface area contributed by atoms with E-state index < -0.39 is 0 Å². The third kappa shape index (κ3) is 4.58. The lowest BCUT2D eigenvalue weighted by Crippen LogP contribution is -2.31. The first-order valence-electron chi connectivity index (χ1n) is 10.6. The van der Waals surface area contributed by atoms with Crippen LogP contribution in [0.5, 0.6) is 11.5 Å². The van der Waals surface area contributed by atoms with Gasteiger partial charge in [0.05, 0.1) is 26.5 Å². The van der Waals surface area contributed by atoms with Gasteiger partial charge in [0.15, 0.2) is 11.7 Å². The van der Waals surface area contributed by atoms with Crippen LogP contribution in [0.1, 0.15) is 42.3 Å². The van der Waals surface area contributed by atoms with Crippen molar-refractivity contribution in [2.45, 2.75) is 38.6 Å². The van der Waals surface area contributed by atoms with Crippen LogP contribution in [0.3, 0.4) is 0 Å². The Labute approximate surface area is 182 Å². The molecule has 31 heavy (non-hydrogen) atoms. The lowest BCUT2D eigenvalue weighted by atomic mass is 10.0. The Bertz CT molecular complexity index is 1040. The highest BCUT2D eigenvalue weighted by molar-refractivity contribution is 5.77. The highest BCUT2D eigenvalue weighted by atomic mass is 16.5. The van der Waals surface area contributed by atoms with Crippen molar-refractivity contribution in [1.82, 2.24) is 9.88 Å². The molecular formula is C25H28N2O4. The number of methoxy groups -OCH3 is 2. The van der Waals surface area contributed by atoms with Crippen molar-refractivity contribution in [2.75, 3.05) is 20.8 Å². The zero-order valence-electron chi connectivity index (χ0n) is 18.3. The maximum Gasteiger partial charge on any atom is 0.223 e. The molecule has 0 N–H and O–H groups in total. The number of carbonyl (C=O) groups excluding carboxylic acids is 1. The largest absolute Gasteiger partial charge is 0.497 e. The normalized spacial score (nSPS) is 15.8. The van der Waals surface area contributed by atoms with E-state index >= 15 is 0 Å². The van der Waals surface area contributed by atoms with Gasteiger partial charge in [-0.25, -0.2) is 4.98 Å². The minimum absolute atomic E-state index is 0.0148. The minimum atomic E-state index is 0.0148. The molecule has 6 heteroatoms. The molecule has 0 bridgehead atoms. The number of rotatable bonds is 7. The first-order chi connectivity index (χ1) is 15.1. The van der Waals surface area contributed by atoms with Crippen LogP contribution in [0.2, 0.25) is 0 Å². The Morgan fingerprint density at radius 3 is 2.71 bits per heavy atom. The second-order valence-electron chi connectivity index (χ2n) is 7.84. The molecule has 0 saturated carbocycles. The molecule has 1 saturated heterocycles. The summed E-state index contributed by atoms with van der Waals surface area (Å²) in [5.41, 5.74) is 3.21. The number of likely N-dealkylation sites (tertiary alicyclic amines) is 1. The van der Waals surface area contributed by atoms with Crippen LogP contribution in [-0.4, -0.2) is 36.6 Å². The monoisotopic (exact) mass is 420 g/mol. The summed E-state index contributed by atoms with van der Waals surface area (Å²) < 4.78 is 16.7. The summed E-state index contributed by atoms with van der Waals surface area (Å²) in [7, 11) is 3.28. The average molecular weight is 421 g/mol. The number of oxazole rings is 1. The molecule has 162 valence electrons. The molecule has 6 nitrogen and oxygen atoms in total. The fourth-order valence-electron chi connectivity index (χ4n) is 4.12. The van der Waals surface area contributed by atoms with Crippen LogP contribution < -0.4 is 9.47 Å². The lowest BCUT2D eigenvalue weighted by molar-refractivity contribution is -0.132. The molecule has 1 aliphatic heterocycles. The van der Waals surface area contributed by atoms with E-state index in [0.29, 0.717) is 18.7 Å². The maximum atomic E-state index is 13.0. The molecule has 2 heterocycles. The zero-order chi connectivity index (χ0) is 21.8. The number of amides is 1. The van der Waals surface area contributed by atoms with Crippen molar-refractivity contribution in [1.29, 1.82) is 0 Å². The number of carbonyl (C=O) groups is 1. The fraction of sp³-hybridized carbons (Fsp3) is 0.360. The van der Waals surface area contributed by atoms with E-state index in [4.69, 9.17) is 13.9 Å². The SMILES string of the molecule is COc1ccc(C2CCCN2C(=O)CCc2ncc(-c3ccc(C)cc3)o2)c(OC)c1. The van der Waals surface area contributed by atoms with Gasteiger partial charge in [-0.1, -0.05) is 29.8 Å². The van der Waals surface area contributed by atoms with Crippen LogP contribution >= 0.6 is 0 Å². The molecule has 0 spiro atoms. The van der Waals surface area contributed by atoms with Gasteiger partial charge in [-0.05, 0) is 31.9 Å². The van der Waals surface area contributed by atoms with Crippen LogP contribution in [0.15, 0.2) is 53.1 Å². The summed E-state index contributed by atoms with van der Waals surface area (Å²) in [5.74, 6) is 2.91. The molecule has 1 aliphatic rings. The molecule has 1 unspecified atom stereocenters. The molecule has 1 fully saturated rings. The molecule has 1 amide bonds. The second-order valence-corrected chi connectivity index (χ2v) is 7.84. The number of hydrogen-bond donors (Lipinski definition) is 0. The van der Waals surface area contributed by atoms with Crippen molar-refractivity contribution in [3.63, 3.8) is 0 Å². The van der Waals surface area contributed by atoms with Crippen molar-refractivity contribution in [3.05, 3.63) is 65.7 Å². The maximum absolute atomic E-state index is 13.0. The molecule has 3 aromatic rings. The van der Waals surface area contributed by atoms with Gasteiger partial charge < -0.3 is 18.8 Å². The lowest BCUT2D eigenvalue weighted by Gasteiger charge is -2.26. The van der Waals surface area contributed by atoms with E-state index in [1.54, 1.807) is 20.4 Å². The standard InChI is InChI=1S/C25H28N2O4/c1-17-6-8-18(9-7-17)23-16-26-24(31-23)12-13-25(28)27-14-4-5-21(27)20-11-10-19(29-2)15-22(20)30-3/h6-11,15-16,21H,4-5,12-14H2,1-3H3. The summed E-state index contributed by atoms with van der Waals surface area (Å²) in [6.07, 6.45) is 4.47. The van der Waals surface area contributed by atoms with Gasteiger partial charge in [-0.2, -0.15) is 0 Å². The highest BCUT2D eigenvalue weighted by Gasteiger charge is 2.31. The Hall–Kier alpha value is -3.28. The number of aryl methyl sites for hydroxylation is 2. The van der Waals surface area contributed by atoms with Gasteiger partial charge in [0.2, 0.25) is 5.91 Å². The molecule has 1 atom stereocenters. The Morgan fingerprint density at radius 2 is 1.97 bits per heavy atom. The molecule has 0 aliphatic carbocycles. The third-order valence-corrected chi connectivity index (χ3v) is 5.82. The van der Waals surface area contributed by atoms with Crippen molar-refractivity contribution < 1.29 is 18.7 Å². The number of aromatic nitrogens is 1. The fourth-order valence-corrected chi connectivity index (χ4v) is 4.12. The van der Waals surface area contributed by atoms with Gasteiger partial charge in [-0.15, -0.1) is 0 Å². The van der Waals surface area contributed by atoms with Crippen molar-refractivity contribution in [3.8, 4) is 22.8 Å². The van der Waals surface area contributed by atoms with Gasteiger partial charge in [-0.3, -0.25) is 4.79 Å². The van der Waals surface area contributed by atoms with Crippen LogP contribution in [-0.2, 0) is 11.2 Å². The Morgan fingerprint density at radius 1 is 1.16 bits per heavy atom. The summed E-state index contributed by atoms with van der Waals surface area (Å²) in [4.78, 5) is 19.3. The van der Waals surface area contributed by atoms with E-state index in [9.17, 15) is 4.79 Å². The predicted octanol–water partition coefficient (Wildman–Crippen LogP) is 4.96. The zero-order valence-corrected chi connectivity index (χ0v) is 18.3. The van der Waals surface area contributed by atoms with Gasteiger partial charge >= 0.3 is 0 Å². The molecule has 2 aromatic carbocycles. The quantitative estimate of drug-likeness (QED) is 0.540. The van der Waals surface area contributed by atoms with Crippen molar-refractivity contribution >= 4 is 5.91 Å². The number of benzene rings is 2. The Kier molecular flexibility index (Phi) is 6.26. The number of hydrogen-bond acceptors (Lipinski definition) is 5. The summed E-state index contributed by atoms with van der Waals surface area (Å²) in [6, 6.07) is 13.9. The second kappa shape index (κ2) is 9.25. The van der Waals surface area contributed by atoms with E-state index in [1.807, 2.05) is 54.3 Å². The average Bonchev–Trinajstić information content (AvgIpc) is 3.47. The smallest absolute Gasteiger partial charge is 0.223 e. The van der Waals surface area contributed by atoms with E-state index in [0.717, 1.165) is 47.8 Å². The van der Waals surface area contributed by atoms with Crippen LogP contribution in [0, 0.1) is 6.92 Å². The first-order valence-corrected chi connectivity index (χ1v) is 10.6.